The molecule has 1 heterocycles. The van der Waals surface area contributed by atoms with E-state index in [4.69, 9.17) is 4.74 Å². The summed E-state index contributed by atoms with van der Waals surface area (Å²) in [7, 11) is 1.82. The first-order valence-electron chi connectivity index (χ1n) is 8.28. The van der Waals surface area contributed by atoms with Gasteiger partial charge in [0.05, 0.1) is 0 Å². The Kier molecular flexibility index (Phi) is 4.16. The maximum Gasteiger partial charge on any atom is 0.0474 e. The van der Waals surface area contributed by atoms with Crippen molar-refractivity contribution >= 4 is 0 Å². The Morgan fingerprint density at radius 2 is 1.74 bits per heavy atom. The molecule has 0 aromatic carbocycles. The van der Waals surface area contributed by atoms with E-state index in [1.165, 1.54) is 77.4 Å². The van der Waals surface area contributed by atoms with Crippen molar-refractivity contribution in [1.82, 2.24) is 10.2 Å². The van der Waals surface area contributed by atoms with Gasteiger partial charge in [0.25, 0.3) is 0 Å². The Hall–Kier alpha value is -0.120. The van der Waals surface area contributed by atoms with Gasteiger partial charge in [-0.2, -0.15) is 0 Å². The van der Waals surface area contributed by atoms with Gasteiger partial charge < -0.3 is 10.1 Å². The van der Waals surface area contributed by atoms with Gasteiger partial charge in [-0.1, -0.05) is 25.7 Å². The predicted octanol–water partition coefficient (Wildman–Crippen LogP) is 2.55. The van der Waals surface area contributed by atoms with E-state index < -0.39 is 0 Å². The molecule has 1 N–H and O–H groups in total. The smallest absolute Gasteiger partial charge is 0.0474 e. The van der Waals surface area contributed by atoms with Gasteiger partial charge in [-0.25, -0.2) is 0 Å². The monoisotopic (exact) mass is 266 g/mol. The first-order valence-corrected chi connectivity index (χ1v) is 8.28. The summed E-state index contributed by atoms with van der Waals surface area (Å²) in [4.78, 5) is 2.85. The zero-order valence-electron chi connectivity index (χ0n) is 12.5. The maximum absolute atomic E-state index is 5.26. The highest BCUT2D eigenvalue weighted by atomic mass is 16.5. The molecular formula is C16H30N2O. The first-order chi connectivity index (χ1) is 9.29. The normalized spacial score (nSPS) is 29.5. The van der Waals surface area contributed by atoms with Gasteiger partial charge in [0.1, 0.15) is 0 Å². The zero-order chi connectivity index (χ0) is 13.2. The molecule has 0 unspecified atom stereocenters. The fourth-order valence-corrected chi connectivity index (χ4v) is 4.68. The zero-order valence-corrected chi connectivity index (χ0v) is 12.5. The summed E-state index contributed by atoms with van der Waals surface area (Å²) >= 11 is 0. The van der Waals surface area contributed by atoms with Crippen molar-refractivity contribution in [2.45, 2.75) is 68.9 Å². The van der Waals surface area contributed by atoms with Crippen molar-refractivity contribution in [2.75, 3.05) is 33.4 Å². The molecule has 0 amide bonds. The molecule has 0 bridgehead atoms. The van der Waals surface area contributed by atoms with E-state index in [2.05, 4.69) is 10.2 Å². The number of nitrogens with zero attached hydrogens (tertiary/aromatic N) is 1. The van der Waals surface area contributed by atoms with Crippen LogP contribution in [0.1, 0.15) is 57.8 Å². The van der Waals surface area contributed by atoms with Gasteiger partial charge in [-0.05, 0) is 32.1 Å². The molecule has 1 aliphatic heterocycles. The Labute approximate surface area is 118 Å². The Bertz CT molecular complexity index is 293. The maximum atomic E-state index is 5.26. The Morgan fingerprint density at radius 3 is 2.42 bits per heavy atom. The minimum Gasteiger partial charge on any atom is -0.385 e. The lowest BCUT2D eigenvalue weighted by atomic mass is 9.84. The topological polar surface area (TPSA) is 24.5 Å². The van der Waals surface area contributed by atoms with Crippen molar-refractivity contribution < 1.29 is 4.74 Å². The second kappa shape index (κ2) is 5.71. The molecule has 19 heavy (non-hydrogen) atoms. The lowest BCUT2D eigenvalue weighted by Gasteiger charge is -2.53. The van der Waals surface area contributed by atoms with Gasteiger partial charge in [-0.3, -0.25) is 4.90 Å². The highest BCUT2D eigenvalue weighted by Gasteiger charge is 2.48. The molecule has 2 aliphatic carbocycles. The molecule has 0 atom stereocenters. The predicted molar refractivity (Wildman–Crippen MR) is 78.5 cm³/mol. The Morgan fingerprint density at radius 1 is 1.05 bits per heavy atom. The van der Waals surface area contributed by atoms with Crippen LogP contribution in [0.15, 0.2) is 0 Å². The molecule has 3 heteroatoms. The number of ether oxygens (including phenoxy) is 1. The van der Waals surface area contributed by atoms with E-state index in [-0.39, 0.29) is 0 Å². The van der Waals surface area contributed by atoms with Crippen molar-refractivity contribution in [3.63, 3.8) is 0 Å². The molecule has 3 nitrogen and oxygen atoms in total. The molecule has 0 aromatic rings. The van der Waals surface area contributed by atoms with E-state index in [1.807, 2.05) is 7.11 Å². The summed E-state index contributed by atoms with van der Waals surface area (Å²) in [6, 6.07) is 0. The quantitative estimate of drug-likeness (QED) is 0.792. The third-order valence-corrected chi connectivity index (χ3v) is 5.83. The van der Waals surface area contributed by atoms with Crippen LogP contribution in [0.3, 0.4) is 0 Å². The van der Waals surface area contributed by atoms with Gasteiger partial charge in [0.15, 0.2) is 0 Å². The second-order valence-corrected chi connectivity index (χ2v) is 7.04. The van der Waals surface area contributed by atoms with E-state index in [0.29, 0.717) is 11.1 Å². The molecule has 110 valence electrons. The minimum atomic E-state index is 0.459. The molecule has 0 radical (unpaired) electrons. The van der Waals surface area contributed by atoms with E-state index >= 15 is 0 Å². The van der Waals surface area contributed by atoms with E-state index in [9.17, 15) is 0 Å². The van der Waals surface area contributed by atoms with Gasteiger partial charge >= 0.3 is 0 Å². The Balaban J connectivity index is 1.68. The fraction of sp³-hybridized carbons (Fsp3) is 1.00. The van der Waals surface area contributed by atoms with Gasteiger partial charge in [0.2, 0.25) is 0 Å². The largest absolute Gasteiger partial charge is 0.385 e. The summed E-state index contributed by atoms with van der Waals surface area (Å²) in [5.41, 5.74) is 0.947. The SMILES string of the molecule is COCCCN1CC2(CCCC2)NCC12CCCC2. The van der Waals surface area contributed by atoms with Crippen LogP contribution in [0, 0.1) is 0 Å². The number of hydrogen-bond acceptors (Lipinski definition) is 3. The first kappa shape index (κ1) is 13.8. The number of hydrogen-bond donors (Lipinski definition) is 1. The summed E-state index contributed by atoms with van der Waals surface area (Å²) in [6.45, 7) is 4.67. The number of rotatable bonds is 4. The lowest BCUT2D eigenvalue weighted by Crippen LogP contribution is -2.68. The molecule has 2 spiro atoms. The molecule has 0 aromatic heterocycles. The van der Waals surface area contributed by atoms with Crippen LogP contribution in [0.5, 0.6) is 0 Å². The van der Waals surface area contributed by atoms with Gasteiger partial charge in [0, 0.05) is 44.4 Å². The van der Waals surface area contributed by atoms with Crippen LogP contribution >= 0.6 is 0 Å². The van der Waals surface area contributed by atoms with Crippen LogP contribution in [0.2, 0.25) is 0 Å². The van der Waals surface area contributed by atoms with Crippen LogP contribution in [0.25, 0.3) is 0 Å². The summed E-state index contributed by atoms with van der Waals surface area (Å²) in [6.07, 6.45) is 12.5. The highest BCUT2D eigenvalue weighted by Crippen LogP contribution is 2.42. The third kappa shape index (κ3) is 2.70. The standard InChI is InChI=1S/C16H30N2O/c1-19-12-6-11-18-14-15(7-2-3-8-15)17-13-16(18)9-4-5-10-16/h17H,2-14H2,1H3. The van der Waals surface area contributed by atoms with Crippen LogP contribution < -0.4 is 5.32 Å². The van der Waals surface area contributed by atoms with Crippen LogP contribution in [-0.4, -0.2) is 49.3 Å². The summed E-state index contributed by atoms with van der Waals surface area (Å²) < 4.78 is 5.26. The number of piperazine rings is 1. The number of methoxy groups -OCH3 is 1. The fourth-order valence-electron chi connectivity index (χ4n) is 4.68. The average molecular weight is 266 g/mol. The number of nitrogens with one attached hydrogen (secondary N) is 1. The highest BCUT2D eigenvalue weighted by molar-refractivity contribution is 5.08. The van der Waals surface area contributed by atoms with Crippen molar-refractivity contribution in [1.29, 1.82) is 0 Å². The third-order valence-electron chi connectivity index (χ3n) is 5.83. The lowest BCUT2D eigenvalue weighted by molar-refractivity contribution is 0.00416. The second-order valence-electron chi connectivity index (χ2n) is 7.04. The summed E-state index contributed by atoms with van der Waals surface area (Å²) in [5.74, 6) is 0. The summed E-state index contributed by atoms with van der Waals surface area (Å²) in [5, 5.41) is 3.97. The molecular weight excluding hydrogens is 236 g/mol. The molecule has 3 aliphatic rings. The van der Waals surface area contributed by atoms with Crippen molar-refractivity contribution in [3.05, 3.63) is 0 Å². The average Bonchev–Trinajstić information content (AvgIpc) is 3.05. The van der Waals surface area contributed by atoms with Gasteiger partial charge in [-0.15, -0.1) is 0 Å². The molecule has 3 rings (SSSR count). The van der Waals surface area contributed by atoms with Crippen LogP contribution in [0.4, 0.5) is 0 Å². The molecule has 2 saturated carbocycles. The van der Waals surface area contributed by atoms with Crippen LogP contribution in [-0.2, 0) is 4.74 Å². The molecule has 1 saturated heterocycles. The van der Waals surface area contributed by atoms with E-state index in [1.54, 1.807) is 0 Å². The van der Waals surface area contributed by atoms with Crippen molar-refractivity contribution in [3.8, 4) is 0 Å². The van der Waals surface area contributed by atoms with E-state index in [0.717, 1.165) is 6.61 Å². The minimum absolute atomic E-state index is 0.459. The molecule has 3 fully saturated rings. The van der Waals surface area contributed by atoms with Crippen molar-refractivity contribution in [2.24, 2.45) is 0 Å².